The lowest BCUT2D eigenvalue weighted by Crippen LogP contribution is -2.45. The number of carbonyl (C=O) groups is 1. The van der Waals surface area contributed by atoms with Crippen LogP contribution in [0.4, 0.5) is 0 Å². The molecular formula is C15H31N3O. The van der Waals surface area contributed by atoms with Crippen LogP contribution in [0.15, 0.2) is 0 Å². The highest BCUT2D eigenvalue weighted by molar-refractivity contribution is 5.76. The fourth-order valence-electron chi connectivity index (χ4n) is 2.74. The van der Waals surface area contributed by atoms with E-state index in [0.29, 0.717) is 18.5 Å². The van der Waals surface area contributed by atoms with Crippen LogP contribution in [0, 0.1) is 0 Å². The Morgan fingerprint density at radius 1 is 1.26 bits per heavy atom. The smallest absolute Gasteiger partial charge is 0.223 e. The Kier molecular flexibility index (Phi) is 7.39. The van der Waals surface area contributed by atoms with Crippen LogP contribution in [-0.4, -0.2) is 60.5 Å². The van der Waals surface area contributed by atoms with Crippen molar-refractivity contribution in [1.29, 1.82) is 0 Å². The predicted octanol–water partition coefficient (Wildman–Crippen LogP) is 1.71. The molecule has 19 heavy (non-hydrogen) atoms. The highest BCUT2D eigenvalue weighted by Gasteiger charge is 2.20. The van der Waals surface area contributed by atoms with Crippen LogP contribution in [0.25, 0.3) is 0 Å². The molecule has 112 valence electrons. The summed E-state index contributed by atoms with van der Waals surface area (Å²) in [5.74, 6) is 0.275. The molecule has 1 amide bonds. The van der Waals surface area contributed by atoms with Crippen molar-refractivity contribution in [2.45, 2.75) is 59.0 Å². The Balaban J connectivity index is 2.16. The molecule has 4 nitrogen and oxygen atoms in total. The van der Waals surface area contributed by atoms with Gasteiger partial charge in [0.05, 0.1) is 0 Å². The topological polar surface area (TPSA) is 35.6 Å². The zero-order valence-corrected chi connectivity index (χ0v) is 13.1. The molecule has 0 spiro atoms. The second-order valence-electron chi connectivity index (χ2n) is 5.67. The molecule has 1 fully saturated rings. The minimum Gasteiger partial charge on any atom is -0.343 e. The van der Waals surface area contributed by atoms with E-state index in [1.54, 1.807) is 0 Å². The van der Waals surface area contributed by atoms with Gasteiger partial charge in [-0.15, -0.1) is 0 Å². The van der Waals surface area contributed by atoms with Gasteiger partial charge in [-0.3, -0.25) is 4.79 Å². The number of rotatable bonds is 7. The largest absolute Gasteiger partial charge is 0.343 e. The van der Waals surface area contributed by atoms with E-state index in [-0.39, 0.29) is 5.91 Å². The summed E-state index contributed by atoms with van der Waals surface area (Å²) in [6.07, 6.45) is 3.04. The average molecular weight is 269 g/mol. The van der Waals surface area contributed by atoms with Crippen molar-refractivity contribution < 1.29 is 4.79 Å². The minimum absolute atomic E-state index is 0.275. The molecule has 0 saturated carbocycles. The monoisotopic (exact) mass is 269 g/mol. The van der Waals surface area contributed by atoms with E-state index in [9.17, 15) is 4.79 Å². The van der Waals surface area contributed by atoms with Gasteiger partial charge in [-0.1, -0.05) is 0 Å². The number of nitrogens with one attached hydrogen (secondary N) is 1. The third-order valence-electron chi connectivity index (χ3n) is 4.15. The Bertz CT molecular complexity index is 256. The quantitative estimate of drug-likeness (QED) is 0.764. The lowest BCUT2D eigenvalue weighted by atomic mass is 10.0. The Labute approximate surface area is 118 Å². The molecule has 0 unspecified atom stereocenters. The van der Waals surface area contributed by atoms with E-state index < -0.39 is 0 Å². The molecule has 4 heteroatoms. The number of amides is 1. The number of nitrogens with zero attached hydrogens (tertiary/aromatic N) is 2. The van der Waals surface area contributed by atoms with E-state index in [2.05, 4.69) is 24.1 Å². The molecule has 1 N–H and O–H groups in total. The van der Waals surface area contributed by atoms with E-state index in [1.807, 2.05) is 18.7 Å². The van der Waals surface area contributed by atoms with Crippen LogP contribution < -0.4 is 5.32 Å². The highest BCUT2D eigenvalue weighted by atomic mass is 16.2. The Morgan fingerprint density at radius 3 is 2.32 bits per heavy atom. The van der Waals surface area contributed by atoms with Gasteiger partial charge in [0.25, 0.3) is 0 Å². The van der Waals surface area contributed by atoms with Crippen LogP contribution in [-0.2, 0) is 4.79 Å². The number of hydrogen-bond donors (Lipinski definition) is 1. The SMILES string of the molecule is CCN(CC)C(=O)CCNC1CCN(C(C)C)CC1. The fraction of sp³-hybridized carbons (Fsp3) is 0.933. The molecule has 1 heterocycles. The summed E-state index contributed by atoms with van der Waals surface area (Å²) in [5.41, 5.74) is 0. The lowest BCUT2D eigenvalue weighted by Gasteiger charge is -2.35. The van der Waals surface area contributed by atoms with Crippen molar-refractivity contribution in [3.63, 3.8) is 0 Å². The van der Waals surface area contributed by atoms with E-state index in [0.717, 1.165) is 19.6 Å². The van der Waals surface area contributed by atoms with Gasteiger partial charge in [0.15, 0.2) is 0 Å². The normalized spacial score (nSPS) is 17.9. The first-order chi connectivity index (χ1) is 9.08. The summed E-state index contributed by atoms with van der Waals surface area (Å²) in [7, 11) is 0. The van der Waals surface area contributed by atoms with Gasteiger partial charge in [0.1, 0.15) is 0 Å². The molecule has 1 rings (SSSR count). The summed E-state index contributed by atoms with van der Waals surface area (Å²) in [4.78, 5) is 16.3. The second-order valence-corrected chi connectivity index (χ2v) is 5.67. The first-order valence-corrected chi connectivity index (χ1v) is 7.83. The summed E-state index contributed by atoms with van der Waals surface area (Å²) < 4.78 is 0. The molecule has 1 saturated heterocycles. The number of carbonyl (C=O) groups excluding carboxylic acids is 1. The number of hydrogen-bond acceptors (Lipinski definition) is 3. The predicted molar refractivity (Wildman–Crippen MR) is 80.3 cm³/mol. The minimum atomic E-state index is 0.275. The Hall–Kier alpha value is -0.610. The van der Waals surface area contributed by atoms with Crippen molar-refractivity contribution in [1.82, 2.24) is 15.1 Å². The summed E-state index contributed by atoms with van der Waals surface area (Å²) in [5, 5.41) is 3.54. The van der Waals surface area contributed by atoms with Gasteiger partial charge in [-0.05, 0) is 53.6 Å². The summed E-state index contributed by atoms with van der Waals surface area (Å²) >= 11 is 0. The first-order valence-electron chi connectivity index (χ1n) is 7.83. The van der Waals surface area contributed by atoms with Gasteiger partial charge in [-0.25, -0.2) is 0 Å². The van der Waals surface area contributed by atoms with Crippen LogP contribution in [0.2, 0.25) is 0 Å². The van der Waals surface area contributed by atoms with Crippen LogP contribution >= 0.6 is 0 Å². The zero-order chi connectivity index (χ0) is 14.3. The van der Waals surface area contributed by atoms with Crippen LogP contribution in [0.1, 0.15) is 47.0 Å². The average Bonchev–Trinajstić information content (AvgIpc) is 2.40. The van der Waals surface area contributed by atoms with Crippen molar-refractivity contribution in [2.24, 2.45) is 0 Å². The molecule has 0 aromatic rings. The molecule has 0 aromatic heterocycles. The maximum Gasteiger partial charge on any atom is 0.223 e. The second kappa shape index (κ2) is 8.54. The van der Waals surface area contributed by atoms with Crippen molar-refractivity contribution in [2.75, 3.05) is 32.7 Å². The van der Waals surface area contributed by atoms with Crippen LogP contribution in [0.3, 0.4) is 0 Å². The third kappa shape index (κ3) is 5.49. The summed E-state index contributed by atoms with van der Waals surface area (Å²) in [6, 6.07) is 1.25. The van der Waals surface area contributed by atoms with Gasteiger partial charge in [0, 0.05) is 38.1 Å². The van der Waals surface area contributed by atoms with E-state index >= 15 is 0 Å². The molecule has 0 radical (unpaired) electrons. The zero-order valence-electron chi connectivity index (χ0n) is 13.1. The van der Waals surface area contributed by atoms with E-state index in [1.165, 1.54) is 25.9 Å². The molecule has 0 bridgehead atoms. The number of likely N-dealkylation sites (tertiary alicyclic amines) is 1. The number of piperidine rings is 1. The lowest BCUT2D eigenvalue weighted by molar-refractivity contribution is -0.130. The molecule has 1 aliphatic heterocycles. The van der Waals surface area contributed by atoms with Gasteiger partial charge >= 0.3 is 0 Å². The molecule has 0 aromatic carbocycles. The Morgan fingerprint density at radius 2 is 1.84 bits per heavy atom. The van der Waals surface area contributed by atoms with Gasteiger partial charge in [-0.2, -0.15) is 0 Å². The van der Waals surface area contributed by atoms with E-state index in [4.69, 9.17) is 0 Å². The standard InChI is InChI=1S/C15H31N3O/c1-5-17(6-2)15(19)7-10-16-14-8-11-18(12-9-14)13(3)4/h13-14,16H,5-12H2,1-4H3. The molecular weight excluding hydrogens is 238 g/mol. The van der Waals surface area contributed by atoms with Gasteiger partial charge < -0.3 is 15.1 Å². The molecule has 0 aliphatic carbocycles. The third-order valence-corrected chi connectivity index (χ3v) is 4.15. The van der Waals surface area contributed by atoms with Crippen LogP contribution in [0.5, 0.6) is 0 Å². The van der Waals surface area contributed by atoms with Crippen molar-refractivity contribution in [3.05, 3.63) is 0 Å². The molecule has 1 aliphatic rings. The fourth-order valence-corrected chi connectivity index (χ4v) is 2.74. The van der Waals surface area contributed by atoms with Gasteiger partial charge in [0.2, 0.25) is 5.91 Å². The molecule has 0 atom stereocenters. The maximum atomic E-state index is 11.9. The summed E-state index contributed by atoms with van der Waals surface area (Å²) in [6.45, 7) is 13.4. The first kappa shape index (κ1) is 16.4. The highest BCUT2D eigenvalue weighted by Crippen LogP contribution is 2.12. The van der Waals surface area contributed by atoms with Crippen molar-refractivity contribution in [3.8, 4) is 0 Å². The van der Waals surface area contributed by atoms with Crippen molar-refractivity contribution >= 4 is 5.91 Å². The maximum absolute atomic E-state index is 11.9.